The SMILES string of the molecule is C=CCO[C@H](CC=C)C1CCCCC1. The Kier molecular flexibility index (Phi) is 5.62. The summed E-state index contributed by atoms with van der Waals surface area (Å²) in [5.74, 6) is 0.752. The van der Waals surface area contributed by atoms with Crippen LogP contribution in [0.3, 0.4) is 0 Å². The van der Waals surface area contributed by atoms with E-state index in [1.165, 1.54) is 32.1 Å². The molecule has 1 aliphatic carbocycles. The molecule has 14 heavy (non-hydrogen) atoms. The van der Waals surface area contributed by atoms with Gasteiger partial charge in [0.2, 0.25) is 0 Å². The van der Waals surface area contributed by atoms with Gasteiger partial charge in [-0.05, 0) is 25.2 Å². The molecule has 0 unspecified atom stereocenters. The smallest absolute Gasteiger partial charge is 0.0648 e. The number of rotatable bonds is 6. The summed E-state index contributed by atoms with van der Waals surface area (Å²) in [5.41, 5.74) is 0. The standard InChI is InChI=1S/C13H22O/c1-3-8-13(14-11-4-2)12-9-6-5-7-10-12/h3-4,12-13H,1-2,5-11H2/t13-/m1/s1. The Labute approximate surface area is 87.8 Å². The van der Waals surface area contributed by atoms with Crippen LogP contribution in [0.5, 0.6) is 0 Å². The number of hydrogen-bond donors (Lipinski definition) is 0. The first-order chi connectivity index (χ1) is 6.88. The molecule has 0 aromatic heterocycles. The van der Waals surface area contributed by atoms with Gasteiger partial charge >= 0.3 is 0 Å². The van der Waals surface area contributed by atoms with Crippen LogP contribution in [-0.2, 0) is 4.74 Å². The van der Waals surface area contributed by atoms with Crippen LogP contribution in [-0.4, -0.2) is 12.7 Å². The van der Waals surface area contributed by atoms with Crippen molar-refractivity contribution < 1.29 is 4.74 Å². The minimum absolute atomic E-state index is 0.380. The highest BCUT2D eigenvalue weighted by Gasteiger charge is 2.22. The van der Waals surface area contributed by atoms with E-state index in [1.54, 1.807) is 0 Å². The summed E-state index contributed by atoms with van der Waals surface area (Å²) in [6.45, 7) is 8.16. The Morgan fingerprint density at radius 2 is 1.86 bits per heavy atom. The van der Waals surface area contributed by atoms with E-state index in [0.717, 1.165) is 12.3 Å². The van der Waals surface area contributed by atoms with Crippen molar-refractivity contribution in [1.82, 2.24) is 0 Å². The average Bonchev–Trinajstić information content (AvgIpc) is 2.25. The lowest BCUT2D eigenvalue weighted by molar-refractivity contribution is 0.0181. The first-order valence-electron chi connectivity index (χ1n) is 5.72. The molecule has 0 N–H and O–H groups in total. The molecule has 0 amide bonds. The minimum atomic E-state index is 0.380. The lowest BCUT2D eigenvalue weighted by Gasteiger charge is -2.29. The molecule has 1 saturated carbocycles. The highest BCUT2D eigenvalue weighted by Crippen LogP contribution is 2.29. The van der Waals surface area contributed by atoms with Crippen LogP contribution in [0, 0.1) is 5.92 Å². The zero-order valence-corrected chi connectivity index (χ0v) is 9.08. The maximum absolute atomic E-state index is 5.78. The summed E-state index contributed by atoms with van der Waals surface area (Å²) in [4.78, 5) is 0. The van der Waals surface area contributed by atoms with Crippen LogP contribution in [0.2, 0.25) is 0 Å². The van der Waals surface area contributed by atoms with Gasteiger partial charge in [0, 0.05) is 0 Å². The third kappa shape index (κ3) is 3.67. The average molecular weight is 194 g/mol. The predicted molar refractivity (Wildman–Crippen MR) is 61.3 cm³/mol. The second-order valence-electron chi connectivity index (χ2n) is 4.08. The molecule has 1 heteroatoms. The van der Waals surface area contributed by atoms with Crippen molar-refractivity contribution in [2.45, 2.75) is 44.6 Å². The van der Waals surface area contributed by atoms with Gasteiger partial charge in [-0.3, -0.25) is 0 Å². The van der Waals surface area contributed by atoms with Gasteiger partial charge < -0.3 is 4.74 Å². The summed E-state index contributed by atoms with van der Waals surface area (Å²) in [6.07, 6.45) is 12.0. The van der Waals surface area contributed by atoms with Crippen LogP contribution < -0.4 is 0 Å². The fourth-order valence-corrected chi connectivity index (χ4v) is 2.26. The molecule has 1 atom stereocenters. The molecule has 1 fully saturated rings. The van der Waals surface area contributed by atoms with Crippen molar-refractivity contribution in [2.75, 3.05) is 6.61 Å². The van der Waals surface area contributed by atoms with Gasteiger partial charge in [0.1, 0.15) is 0 Å². The highest BCUT2D eigenvalue weighted by atomic mass is 16.5. The van der Waals surface area contributed by atoms with Crippen LogP contribution in [0.15, 0.2) is 25.3 Å². The molecule has 1 nitrogen and oxygen atoms in total. The van der Waals surface area contributed by atoms with Crippen LogP contribution in [0.25, 0.3) is 0 Å². The Morgan fingerprint density at radius 1 is 1.14 bits per heavy atom. The summed E-state index contributed by atoms with van der Waals surface area (Å²) >= 11 is 0. The highest BCUT2D eigenvalue weighted by molar-refractivity contribution is 4.82. The van der Waals surface area contributed by atoms with Gasteiger partial charge in [-0.15, -0.1) is 13.2 Å². The lowest BCUT2D eigenvalue weighted by Crippen LogP contribution is -2.25. The molecule has 0 radical (unpaired) electrons. The summed E-state index contributed by atoms with van der Waals surface area (Å²) in [6, 6.07) is 0. The van der Waals surface area contributed by atoms with Crippen LogP contribution in [0.1, 0.15) is 38.5 Å². The van der Waals surface area contributed by atoms with Gasteiger partial charge in [0.25, 0.3) is 0 Å². The summed E-state index contributed by atoms with van der Waals surface area (Å²) in [7, 11) is 0. The Balaban J connectivity index is 2.37. The Bertz CT molecular complexity index is 168. The first kappa shape index (κ1) is 11.5. The minimum Gasteiger partial charge on any atom is -0.374 e. The quantitative estimate of drug-likeness (QED) is 0.586. The van der Waals surface area contributed by atoms with E-state index in [-0.39, 0.29) is 0 Å². The van der Waals surface area contributed by atoms with Gasteiger partial charge in [-0.25, -0.2) is 0 Å². The monoisotopic (exact) mass is 194 g/mol. The maximum atomic E-state index is 5.78. The Morgan fingerprint density at radius 3 is 2.43 bits per heavy atom. The van der Waals surface area contributed by atoms with Gasteiger partial charge in [0.05, 0.1) is 12.7 Å². The fourth-order valence-electron chi connectivity index (χ4n) is 2.26. The Hall–Kier alpha value is -0.560. The molecule has 0 bridgehead atoms. The van der Waals surface area contributed by atoms with E-state index in [0.29, 0.717) is 12.7 Å². The van der Waals surface area contributed by atoms with E-state index in [4.69, 9.17) is 4.74 Å². The van der Waals surface area contributed by atoms with E-state index in [2.05, 4.69) is 13.2 Å². The van der Waals surface area contributed by atoms with Crippen molar-refractivity contribution in [2.24, 2.45) is 5.92 Å². The van der Waals surface area contributed by atoms with Crippen LogP contribution >= 0.6 is 0 Å². The molecule has 0 saturated heterocycles. The molecule has 80 valence electrons. The molecule has 0 aromatic carbocycles. The predicted octanol–water partition coefficient (Wildman–Crippen LogP) is 3.71. The topological polar surface area (TPSA) is 9.23 Å². The van der Waals surface area contributed by atoms with Crippen LogP contribution in [0.4, 0.5) is 0 Å². The van der Waals surface area contributed by atoms with Crippen molar-refractivity contribution in [3.63, 3.8) is 0 Å². The maximum Gasteiger partial charge on any atom is 0.0648 e. The normalized spacial score (nSPS) is 20.3. The number of hydrogen-bond acceptors (Lipinski definition) is 1. The summed E-state index contributed by atoms with van der Waals surface area (Å²) in [5, 5.41) is 0. The third-order valence-electron chi connectivity index (χ3n) is 3.00. The third-order valence-corrected chi connectivity index (χ3v) is 3.00. The zero-order chi connectivity index (χ0) is 10.2. The van der Waals surface area contributed by atoms with Gasteiger partial charge in [-0.1, -0.05) is 31.4 Å². The van der Waals surface area contributed by atoms with Crippen molar-refractivity contribution in [3.8, 4) is 0 Å². The summed E-state index contributed by atoms with van der Waals surface area (Å²) < 4.78 is 5.78. The molecular weight excluding hydrogens is 172 g/mol. The molecule has 0 aromatic rings. The van der Waals surface area contributed by atoms with Crippen molar-refractivity contribution in [3.05, 3.63) is 25.3 Å². The van der Waals surface area contributed by atoms with Crippen molar-refractivity contribution in [1.29, 1.82) is 0 Å². The second kappa shape index (κ2) is 6.83. The van der Waals surface area contributed by atoms with E-state index in [1.807, 2.05) is 12.2 Å². The van der Waals surface area contributed by atoms with Gasteiger partial charge in [-0.2, -0.15) is 0 Å². The molecule has 0 spiro atoms. The van der Waals surface area contributed by atoms with Gasteiger partial charge in [0.15, 0.2) is 0 Å². The van der Waals surface area contributed by atoms with Crippen molar-refractivity contribution >= 4 is 0 Å². The van der Waals surface area contributed by atoms with E-state index in [9.17, 15) is 0 Å². The lowest BCUT2D eigenvalue weighted by atomic mass is 9.84. The number of ether oxygens (including phenoxy) is 1. The molecule has 0 heterocycles. The molecule has 0 aliphatic heterocycles. The van der Waals surface area contributed by atoms with E-state index >= 15 is 0 Å². The fraction of sp³-hybridized carbons (Fsp3) is 0.692. The second-order valence-corrected chi connectivity index (χ2v) is 4.08. The zero-order valence-electron chi connectivity index (χ0n) is 9.08. The largest absolute Gasteiger partial charge is 0.374 e. The van der Waals surface area contributed by atoms with E-state index < -0.39 is 0 Å². The first-order valence-corrected chi connectivity index (χ1v) is 5.72. The molecule has 1 aliphatic rings. The molecule has 1 rings (SSSR count). The molecular formula is C13H22O.